The van der Waals surface area contributed by atoms with Crippen molar-refractivity contribution in [3.63, 3.8) is 0 Å². The molecule has 0 aliphatic rings. The molecule has 7 nitrogen and oxygen atoms in total. The number of aliphatic hydroxyl groups is 1. The van der Waals surface area contributed by atoms with E-state index in [1.807, 2.05) is 0 Å². The molecule has 2 aromatic carbocycles. The van der Waals surface area contributed by atoms with Gasteiger partial charge in [0.1, 0.15) is 5.52 Å². The summed E-state index contributed by atoms with van der Waals surface area (Å²) in [4.78, 5) is 13.9. The Morgan fingerprint density at radius 2 is 1.68 bits per heavy atom. The minimum absolute atomic E-state index is 0.149. The quantitative estimate of drug-likeness (QED) is 0.212. The summed E-state index contributed by atoms with van der Waals surface area (Å²) < 4.78 is 38.7. The number of anilines is 5. The van der Waals surface area contributed by atoms with Crippen LogP contribution in [-0.2, 0) is 6.18 Å². The van der Waals surface area contributed by atoms with Gasteiger partial charge in [-0.15, -0.1) is 0 Å². The maximum Gasteiger partial charge on any atom is 0.416 e. The van der Waals surface area contributed by atoms with Crippen LogP contribution in [0.4, 0.5) is 41.4 Å². The lowest BCUT2D eigenvalue weighted by molar-refractivity contribution is -0.137. The Bertz CT molecular complexity index is 1300. The van der Waals surface area contributed by atoms with Gasteiger partial charge in [-0.05, 0) is 43.3 Å². The van der Waals surface area contributed by atoms with E-state index in [-0.39, 0.29) is 24.4 Å². The van der Waals surface area contributed by atoms with E-state index >= 15 is 0 Å². The van der Waals surface area contributed by atoms with Crippen molar-refractivity contribution in [1.82, 2.24) is 15.0 Å². The van der Waals surface area contributed by atoms with E-state index in [1.54, 1.807) is 25.1 Å². The van der Waals surface area contributed by atoms with Crippen LogP contribution in [0.2, 0.25) is 10.0 Å². The summed E-state index contributed by atoms with van der Waals surface area (Å²) in [5.74, 6) is 0.487. The van der Waals surface area contributed by atoms with Crippen molar-refractivity contribution >= 4 is 73.2 Å². The summed E-state index contributed by atoms with van der Waals surface area (Å²) in [6, 6.07) is 9.29. The number of aromatic nitrogens is 3. The number of fused-ring (bicyclic) bond motifs is 1. The minimum atomic E-state index is -4.44. The molecule has 2 aromatic heterocycles. The van der Waals surface area contributed by atoms with Crippen molar-refractivity contribution in [2.24, 2.45) is 0 Å². The summed E-state index contributed by atoms with van der Waals surface area (Å²) in [6.07, 6.45) is -4.44. The molecule has 178 valence electrons. The normalized spacial score (nSPS) is 12.6. The number of para-hydroxylation sites is 1. The largest absolute Gasteiger partial charge is 0.416 e. The molecule has 34 heavy (non-hydrogen) atoms. The number of nitrogens with one attached hydrogen (secondary N) is 3. The second-order valence-electron chi connectivity index (χ2n) is 7.22. The molecule has 4 aromatic rings. The molecule has 0 amide bonds. The maximum absolute atomic E-state index is 12.9. The van der Waals surface area contributed by atoms with Gasteiger partial charge >= 0.3 is 6.18 Å². The van der Waals surface area contributed by atoms with Crippen molar-refractivity contribution in [1.29, 1.82) is 0 Å². The topological polar surface area (TPSA) is 95.0 Å². The number of halogens is 5. The highest BCUT2D eigenvalue weighted by molar-refractivity contribution is 7.22. The number of thiazole rings is 1. The van der Waals surface area contributed by atoms with Crippen LogP contribution in [0.15, 0.2) is 42.5 Å². The molecule has 0 spiro atoms. The van der Waals surface area contributed by atoms with Crippen LogP contribution < -0.4 is 16.0 Å². The predicted octanol–water partition coefficient (Wildman–Crippen LogP) is 6.69. The van der Waals surface area contributed by atoms with Gasteiger partial charge < -0.3 is 21.1 Å². The summed E-state index contributed by atoms with van der Waals surface area (Å²) in [7, 11) is 0. The Kier molecular flexibility index (Phi) is 6.99. The fourth-order valence-corrected chi connectivity index (χ4v) is 4.23. The lowest BCUT2D eigenvalue weighted by Gasteiger charge is -2.13. The maximum atomic E-state index is 12.9. The number of aliphatic hydroxyl groups excluding tert-OH is 1. The summed E-state index contributed by atoms with van der Waals surface area (Å²) in [6.45, 7) is 1.60. The number of alkyl halides is 3. The molecule has 0 aliphatic carbocycles. The van der Waals surface area contributed by atoms with Gasteiger partial charge in [-0.3, -0.25) is 0 Å². The Hall–Kier alpha value is -2.86. The molecule has 0 aliphatic heterocycles. The number of hydrogen-bond donors (Lipinski definition) is 4. The van der Waals surface area contributed by atoms with E-state index in [0.29, 0.717) is 36.9 Å². The average Bonchev–Trinajstić information content (AvgIpc) is 3.19. The van der Waals surface area contributed by atoms with Crippen LogP contribution in [-0.4, -0.2) is 32.7 Å². The summed E-state index contributed by atoms with van der Waals surface area (Å²) in [5, 5.41) is 19.6. The molecule has 0 saturated heterocycles. The monoisotopic (exact) mass is 528 g/mol. The second kappa shape index (κ2) is 9.79. The summed E-state index contributed by atoms with van der Waals surface area (Å²) in [5.41, 5.74) is 0.479. The average molecular weight is 529 g/mol. The standard InChI is InChI=1S/C21H17Cl2F3N6OS/c1-10(9-33)27-19-31-17(28-12-7-5-11(6-8-12)21(24,25)26)16-18(32-19)34-20(30-16)29-15-13(22)3-2-4-14(15)23/h2-8,10,33H,9H2,1H3,(H,29,30)(H2,27,28,31,32). The third-order valence-electron chi connectivity index (χ3n) is 4.58. The molecule has 4 N–H and O–H groups in total. The zero-order valence-electron chi connectivity index (χ0n) is 17.4. The first-order valence-corrected chi connectivity index (χ1v) is 11.4. The van der Waals surface area contributed by atoms with Gasteiger partial charge in [0.05, 0.1) is 27.9 Å². The van der Waals surface area contributed by atoms with E-state index in [2.05, 4.69) is 30.9 Å². The van der Waals surface area contributed by atoms with Crippen LogP contribution in [0.3, 0.4) is 0 Å². The van der Waals surface area contributed by atoms with Crippen molar-refractivity contribution < 1.29 is 18.3 Å². The van der Waals surface area contributed by atoms with Gasteiger partial charge in [-0.25, -0.2) is 4.98 Å². The van der Waals surface area contributed by atoms with Crippen molar-refractivity contribution in [3.8, 4) is 0 Å². The molecule has 1 unspecified atom stereocenters. The molecule has 2 heterocycles. The third kappa shape index (κ3) is 5.44. The Balaban J connectivity index is 1.72. The zero-order chi connectivity index (χ0) is 24.5. The zero-order valence-corrected chi connectivity index (χ0v) is 19.7. The van der Waals surface area contributed by atoms with E-state index < -0.39 is 11.7 Å². The highest BCUT2D eigenvalue weighted by Crippen LogP contribution is 2.37. The van der Waals surface area contributed by atoms with Gasteiger partial charge in [0, 0.05) is 11.7 Å². The SMILES string of the molecule is CC(CO)Nc1nc(Nc2ccc(C(F)(F)F)cc2)c2nc(Nc3c(Cl)cccc3Cl)sc2n1. The van der Waals surface area contributed by atoms with Gasteiger partial charge in [0.25, 0.3) is 0 Å². The number of hydrogen-bond acceptors (Lipinski definition) is 8. The van der Waals surface area contributed by atoms with Crippen LogP contribution >= 0.6 is 34.5 Å². The number of rotatable bonds is 7. The Morgan fingerprint density at radius 1 is 1.00 bits per heavy atom. The molecule has 4 rings (SSSR count). The van der Waals surface area contributed by atoms with Crippen LogP contribution in [0.5, 0.6) is 0 Å². The van der Waals surface area contributed by atoms with Gasteiger partial charge in [-0.1, -0.05) is 40.6 Å². The smallest absolute Gasteiger partial charge is 0.394 e. The van der Waals surface area contributed by atoms with E-state index in [4.69, 9.17) is 23.2 Å². The van der Waals surface area contributed by atoms with Gasteiger partial charge in [0.15, 0.2) is 15.8 Å². The molecule has 13 heteroatoms. The van der Waals surface area contributed by atoms with Gasteiger partial charge in [0.2, 0.25) is 5.95 Å². The Morgan fingerprint density at radius 3 is 2.29 bits per heavy atom. The van der Waals surface area contributed by atoms with E-state index in [0.717, 1.165) is 12.1 Å². The van der Waals surface area contributed by atoms with E-state index in [1.165, 1.54) is 23.5 Å². The minimum Gasteiger partial charge on any atom is -0.394 e. The lowest BCUT2D eigenvalue weighted by atomic mass is 10.2. The number of benzene rings is 2. The van der Waals surface area contributed by atoms with Crippen LogP contribution in [0, 0.1) is 0 Å². The fraction of sp³-hybridized carbons (Fsp3) is 0.190. The summed E-state index contributed by atoms with van der Waals surface area (Å²) >= 11 is 13.7. The predicted molar refractivity (Wildman–Crippen MR) is 130 cm³/mol. The molecular formula is C21H17Cl2F3N6OS. The molecule has 0 radical (unpaired) electrons. The highest BCUT2D eigenvalue weighted by atomic mass is 35.5. The van der Waals surface area contributed by atoms with E-state index in [9.17, 15) is 18.3 Å². The molecular weight excluding hydrogens is 512 g/mol. The van der Waals surface area contributed by atoms with Crippen molar-refractivity contribution in [3.05, 3.63) is 58.1 Å². The molecule has 0 saturated carbocycles. The third-order valence-corrected chi connectivity index (χ3v) is 6.07. The van der Waals surface area contributed by atoms with Gasteiger partial charge in [-0.2, -0.15) is 23.1 Å². The van der Waals surface area contributed by atoms with Crippen LogP contribution in [0.1, 0.15) is 12.5 Å². The molecule has 0 bridgehead atoms. The first kappa shape index (κ1) is 24.3. The lowest BCUT2D eigenvalue weighted by Crippen LogP contribution is -2.21. The second-order valence-corrected chi connectivity index (χ2v) is 9.01. The highest BCUT2D eigenvalue weighted by Gasteiger charge is 2.30. The van der Waals surface area contributed by atoms with Crippen molar-refractivity contribution in [2.45, 2.75) is 19.1 Å². The van der Waals surface area contributed by atoms with Crippen LogP contribution in [0.25, 0.3) is 10.3 Å². The first-order chi connectivity index (χ1) is 16.1. The molecule has 1 atom stereocenters. The fourth-order valence-electron chi connectivity index (χ4n) is 2.90. The van der Waals surface area contributed by atoms with Crippen molar-refractivity contribution in [2.75, 3.05) is 22.6 Å². The number of nitrogens with zero attached hydrogens (tertiary/aromatic N) is 3. The Labute approximate surface area is 206 Å². The molecule has 0 fully saturated rings. The first-order valence-electron chi connectivity index (χ1n) is 9.85.